The van der Waals surface area contributed by atoms with E-state index < -0.39 is 0 Å². The molecule has 0 unspecified atom stereocenters. The molecule has 0 aromatic heterocycles. The second-order valence-corrected chi connectivity index (χ2v) is 10.5. The third kappa shape index (κ3) is 5.68. The quantitative estimate of drug-likeness (QED) is 0.201. The van der Waals surface area contributed by atoms with Gasteiger partial charge in [-0.15, -0.1) is 23.2 Å². The molecular formula is C18H16Cl2I4O4. The number of methoxy groups -OCH3 is 2. The lowest BCUT2D eigenvalue weighted by Crippen LogP contribution is -2.07. The number of halogens is 6. The Bertz CT molecular complexity index is 780. The summed E-state index contributed by atoms with van der Waals surface area (Å²) < 4.78 is 26.8. The van der Waals surface area contributed by atoms with E-state index in [0.717, 1.165) is 25.4 Å². The van der Waals surface area contributed by atoms with Crippen LogP contribution in [0.25, 0.3) is 11.1 Å². The van der Waals surface area contributed by atoms with Crippen LogP contribution in [-0.2, 0) is 0 Å². The predicted octanol–water partition coefficient (Wildman–Crippen LogP) is 7.02. The Morgan fingerprint density at radius 1 is 0.714 bits per heavy atom. The molecule has 0 aliphatic heterocycles. The second-order valence-electron chi connectivity index (χ2n) is 5.23. The molecule has 0 spiro atoms. The first kappa shape index (κ1) is 25.4. The highest BCUT2D eigenvalue weighted by Gasteiger charge is 2.25. The highest BCUT2D eigenvalue weighted by atomic mass is 127. The summed E-state index contributed by atoms with van der Waals surface area (Å²) in [5.41, 5.74) is 2.11. The summed E-state index contributed by atoms with van der Waals surface area (Å²) in [6, 6.07) is 3.94. The van der Waals surface area contributed by atoms with E-state index in [1.807, 2.05) is 12.1 Å². The Morgan fingerprint density at radius 3 is 1.36 bits per heavy atom. The van der Waals surface area contributed by atoms with E-state index in [-0.39, 0.29) is 0 Å². The van der Waals surface area contributed by atoms with Gasteiger partial charge in [-0.2, -0.15) is 0 Å². The molecule has 0 heterocycles. The van der Waals surface area contributed by atoms with Crippen molar-refractivity contribution in [3.05, 3.63) is 26.4 Å². The van der Waals surface area contributed by atoms with Crippen LogP contribution in [-0.4, -0.2) is 39.2 Å². The van der Waals surface area contributed by atoms with Crippen molar-refractivity contribution in [1.29, 1.82) is 0 Å². The maximum absolute atomic E-state index is 5.90. The van der Waals surface area contributed by atoms with Crippen LogP contribution >= 0.6 is 114 Å². The summed E-state index contributed by atoms with van der Waals surface area (Å²) in [6.45, 7) is 0.795. The van der Waals surface area contributed by atoms with E-state index in [1.54, 1.807) is 14.2 Å². The number of hydrogen-bond donors (Lipinski definition) is 0. The van der Waals surface area contributed by atoms with Crippen molar-refractivity contribution < 1.29 is 18.9 Å². The van der Waals surface area contributed by atoms with Crippen LogP contribution in [0.5, 0.6) is 23.0 Å². The zero-order valence-corrected chi connectivity index (χ0v) is 25.0. The monoisotopic (exact) mass is 874 g/mol. The van der Waals surface area contributed by atoms with Crippen LogP contribution in [0.4, 0.5) is 0 Å². The molecule has 4 nitrogen and oxygen atoms in total. The van der Waals surface area contributed by atoms with Crippen LogP contribution < -0.4 is 18.9 Å². The molecule has 154 valence electrons. The van der Waals surface area contributed by atoms with Gasteiger partial charge in [0.05, 0.1) is 33.1 Å². The van der Waals surface area contributed by atoms with E-state index in [2.05, 4.69) is 90.4 Å². The molecule has 2 rings (SSSR count). The fourth-order valence-corrected chi connectivity index (χ4v) is 7.26. The molecule has 0 atom stereocenters. The van der Waals surface area contributed by atoms with Gasteiger partial charge in [-0.05, 0) is 102 Å². The maximum atomic E-state index is 5.90. The first-order chi connectivity index (χ1) is 13.4. The minimum atomic E-state index is 0.397. The van der Waals surface area contributed by atoms with Crippen LogP contribution in [0.15, 0.2) is 12.1 Å². The van der Waals surface area contributed by atoms with Gasteiger partial charge in [0.2, 0.25) is 0 Å². The van der Waals surface area contributed by atoms with E-state index >= 15 is 0 Å². The molecule has 0 saturated heterocycles. The van der Waals surface area contributed by atoms with Crippen LogP contribution in [0.3, 0.4) is 0 Å². The van der Waals surface area contributed by atoms with Gasteiger partial charge in [-0.25, -0.2) is 0 Å². The Hall–Kier alpha value is 1.14. The average Bonchev–Trinajstić information content (AvgIpc) is 2.68. The molecule has 0 bridgehead atoms. The molecule has 0 aliphatic rings. The highest BCUT2D eigenvalue weighted by Crippen LogP contribution is 2.48. The molecule has 0 saturated carbocycles. The molecule has 0 radical (unpaired) electrons. The van der Waals surface area contributed by atoms with Gasteiger partial charge >= 0.3 is 0 Å². The summed E-state index contributed by atoms with van der Waals surface area (Å²) in [7, 11) is 3.27. The van der Waals surface area contributed by atoms with Crippen molar-refractivity contribution in [1.82, 2.24) is 0 Å². The Morgan fingerprint density at radius 2 is 1.07 bits per heavy atom. The zero-order valence-electron chi connectivity index (χ0n) is 14.9. The summed E-state index contributed by atoms with van der Waals surface area (Å²) in [6.07, 6.45) is 0. The first-order valence-corrected chi connectivity index (χ1v) is 13.3. The Labute approximate surface area is 229 Å². The van der Waals surface area contributed by atoms with Gasteiger partial charge in [0.1, 0.15) is 13.2 Å². The smallest absolute Gasteiger partial charge is 0.175 e. The standard InChI is InChI=1S/C18H16Cl2I4O4/c1-25-11-7-9(21)13(15(23)17(11)27-5-3-19)14-10(22)8-12(26-2)18(16(14)24)28-6-4-20/h7-8H,3-6H2,1-2H3. The molecule has 28 heavy (non-hydrogen) atoms. The number of ether oxygens (including phenoxy) is 4. The molecule has 2 aromatic carbocycles. The van der Waals surface area contributed by atoms with Gasteiger partial charge in [0, 0.05) is 18.3 Å². The Kier molecular flexibility index (Phi) is 11.1. The number of alkyl halides is 2. The molecule has 0 fully saturated rings. The van der Waals surface area contributed by atoms with Crippen molar-refractivity contribution in [3.63, 3.8) is 0 Å². The minimum absolute atomic E-state index is 0.397. The van der Waals surface area contributed by atoms with Gasteiger partial charge < -0.3 is 18.9 Å². The minimum Gasteiger partial charge on any atom is -0.493 e. The maximum Gasteiger partial charge on any atom is 0.175 e. The lowest BCUT2D eigenvalue weighted by Gasteiger charge is -2.21. The molecule has 10 heteroatoms. The lowest BCUT2D eigenvalue weighted by molar-refractivity contribution is 0.310. The van der Waals surface area contributed by atoms with Crippen LogP contribution in [0.1, 0.15) is 0 Å². The number of benzene rings is 2. The fraction of sp³-hybridized carbons (Fsp3) is 0.333. The molecular weight excluding hydrogens is 859 g/mol. The van der Waals surface area contributed by atoms with Gasteiger partial charge in [0.15, 0.2) is 23.0 Å². The first-order valence-electron chi connectivity index (χ1n) is 7.91. The van der Waals surface area contributed by atoms with E-state index in [4.69, 9.17) is 42.1 Å². The van der Waals surface area contributed by atoms with E-state index in [0.29, 0.717) is 48.0 Å². The normalized spacial score (nSPS) is 10.7. The van der Waals surface area contributed by atoms with Crippen molar-refractivity contribution >= 4 is 114 Å². The zero-order chi connectivity index (χ0) is 20.8. The fourth-order valence-electron chi connectivity index (χ4n) is 2.47. The van der Waals surface area contributed by atoms with Gasteiger partial charge in [-0.1, -0.05) is 0 Å². The Balaban J connectivity index is 2.76. The van der Waals surface area contributed by atoms with Crippen molar-refractivity contribution in [3.8, 4) is 34.1 Å². The largest absolute Gasteiger partial charge is 0.493 e. The van der Waals surface area contributed by atoms with E-state index in [1.165, 1.54) is 0 Å². The average molecular weight is 875 g/mol. The predicted molar refractivity (Wildman–Crippen MR) is 148 cm³/mol. The van der Waals surface area contributed by atoms with Gasteiger partial charge in [0.25, 0.3) is 0 Å². The molecule has 0 amide bonds. The molecule has 2 aromatic rings. The van der Waals surface area contributed by atoms with E-state index in [9.17, 15) is 0 Å². The summed E-state index contributed by atoms with van der Waals surface area (Å²) in [5, 5.41) is 0. The topological polar surface area (TPSA) is 36.9 Å². The number of hydrogen-bond acceptors (Lipinski definition) is 4. The molecule has 0 aliphatic carbocycles. The van der Waals surface area contributed by atoms with Crippen LogP contribution in [0, 0.1) is 14.3 Å². The summed E-state index contributed by atoms with van der Waals surface area (Å²) >= 11 is 20.9. The van der Waals surface area contributed by atoms with Crippen LogP contribution in [0.2, 0.25) is 0 Å². The van der Waals surface area contributed by atoms with Crippen molar-refractivity contribution in [2.45, 2.75) is 0 Å². The third-order valence-electron chi connectivity index (χ3n) is 3.62. The lowest BCUT2D eigenvalue weighted by atomic mass is 10.0. The summed E-state index contributed by atoms with van der Waals surface area (Å²) in [5.74, 6) is 3.53. The highest BCUT2D eigenvalue weighted by molar-refractivity contribution is 14.1. The van der Waals surface area contributed by atoms with Crippen molar-refractivity contribution in [2.24, 2.45) is 0 Å². The second kappa shape index (κ2) is 12.2. The van der Waals surface area contributed by atoms with Gasteiger partial charge in [-0.3, -0.25) is 0 Å². The molecule has 0 N–H and O–H groups in total. The van der Waals surface area contributed by atoms with Crippen molar-refractivity contribution in [2.75, 3.05) is 39.2 Å². The SMILES string of the molecule is COc1cc(I)c(-c2c(I)cc(OC)c(OCCCl)c2I)c(I)c1OCCCl. The summed E-state index contributed by atoms with van der Waals surface area (Å²) in [4.78, 5) is 0. The third-order valence-corrected chi connectivity index (χ3v) is 7.68. The number of rotatable bonds is 9.